The van der Waals surface area contributed by atoms with Crippen LogP contribution in [0.25, 0.3) is 16.9 Å². The number of nitrogens with one attached hydrogen (secondary N) is 1. The van der Waals surface area contributed by atoms with E-state index >= 15 is 0 Å². The molecule has 1 amide bonds. The van der Waals surface area contributed by atoms with E-state index in [0.717, 1.165) is 11.3 Å². The summed E-state index contributed by atoms with van der Waals surface area (Å²) < 4.78 is 6.69. The van der Waals surface area contributed by atoms with E-state index in [2.05, 4.69) is 15.6 Å². The van der Waals surface area contributed by atoms with Crippen molar-refractivity contribution in [1.29, 1.82) is 0 Å². The Kier molecular flexibility index (Phi) is 5.75. The topological polar surface area (TPSA) is 88.7 Å². The Hall–Kier alpha value is -4.39. The number of phenolic OH excluding ortho intramolecular Hbond substituents is 1. The Morgan fingerprint density at radius 2 is 1.77 bits per heavy atom. The predicted molar refractivity (Wildman–Crippen MR) is 119 cm³/mol. The van der Waals surface area contributed by atoms with Crippen LogP contribution in [0.2, 0.25) is 0 Å². The summed E-state index contributed by atoms with van der Waals surface area (Å²) in [7, 11) is 1.48. The average molecular weight is 412 g/mol. The Bertz CT molecular complexity index is 1220. The van der Waals surface area contributed by atoms with Crippen molar-refractivity contribution < 1.29 is 14.6 Å². The lowest BCUT2D eigenvalue weighted by molar-refractivity contribution is 0.0955. The van der Waals surface area contributed by atoms with Crippen LogP contribution in [0.4, 0.5) is 0 Å². The molecule has 0 radical (unpaired) electrons. The third kappa shape index (κ3) is 4.45. The molecule has 154 valence electrons. The molecule has 7 nitrogen and oxygen atoms in total. The normalized spacial score (nSPS) is 10.9. The van der Waals surface area contributed by atoms with Crippen LogP contribution in [-0.2, 0) is 0 Å². The third-order valence-electron chi connectivity index (χ3n) is 4.61. The van der Waals surface area contributed by atoms with Crippen LogP contribution >= 0.6 is 0 Å². The minimum Gasteiger partial charge on any atom is -0.504 e. The Labute approximate surface area is 179 Å². The maximum absolute atomic E-state index is 12.9. The number of benzene rings is 3. The SMILES string of the molecule is COc1ccc(/C=N/NC(=O)c2cn(-c3ccccc3)nc2-c2ccccc2)cc1O. The Balaban J connectivity index is 1.61. The smallest absolute Gasteiger partial charge is 0.275 e. The quantitative estimate of drug-likeness (QED) is 0.370. The van der Waals surface area contributed by atoms with Gasteiger partial charge in [0.2, 0.25) is 0 Å². The van der Waals surface area contributed by atoms with Gasteiger partial charge in [-0.05, 0) is 35.9 Å². The van der Waals surface area contributed by atoms with E-state index in [1.54, 1.807) is 23.0 Å². The van der Waals surface area contributed by atoms with Crippen LogP contribution in [0.15, 0.2) is 90.2 Å². The number of rotatable bonds is 6. The highest BCUT2D eigenvalue weighted by Gasteiger charge is 2.18. The van der Waals surface area contributed by atoms with Gasteiger partial charge in [0.1, 0.15) is 5.69 Å². The summed E-state index contributed by atoms with van der Waals surface area (Å²) in [5.74, 6) is -0.0367. The average Bonchev–Trinajstić information content (AvgIpc) is 3.26. The fraction of sp³-hybridized carbons (Fsp3) is 0.0417. The summed E-state index contributed by atoms with van der Waals surface area (Å²) in [5.41, 5.74) is 5.76. The molecule has 7 heteroatoms. The molecule has 1 aromatic heterocycles. The van der Waals surface area contributed by atoms with E-state index in [4.69, 9.17) is 4.74 Å². The van der Waals surface area contributed by atoms with Crippen LogP contribution in [0.5, 0.6) is 11.5 Å². The number of nitrogens with zero attached hydrogens (tertiary/aromatic N) is 3. The van der Waals surface area contributed by atoms with E-state index in [1.165, 1.54) is 19.4 Å². The van der Waals surface area contributed by atoms with Crippen LogP contribution in [0.3, 0.4) is 0 Å². The molecule has 0 spiro atoms. The van der Waals surface area contributed by atoms with E-state index in [1.807, 2.05) is 60.7 Å². The molecule has 0 atom stereocenters. The molecule has 0 aliphatic heterocycles. The molecule has 4 aromatic rings. The minimum atomic E-state index is -0.394. The second-order valence-corrected chi connectivity index (χ2v) is 6.67. The van der Waals surface area contributed by atoms with Gasteiger partial charge in [-0.2, -0.15) is 10.2 Å². The molecule has 0 bridgehead atoms. The highest BCUT2D eigenvalue weighted by molar-refractivity contribution is 6.00. The van der Waals surface area contributed by atoms with Crippen molar-refractivity contribution in [2.45, 2.75) is 0 Å². The lowest BCUT2D eigenvalue weighted by atomic mass is 10.1. The van der Waals surface area contributed by atoms with Crippen LogP contribution in [0.1, 0.15) is 15.9 Å². The van der Waals surface area contributed by atoms with Crippen molar-refractivity contribution in [3.63, 3.8) is 0 Å². The molecule has 0 saturated carbocycles. The number of carbonyl (C=O) groups excluding carboxylic acids is 1. The summed E-state index contributed by atoms with van der Waals surface area (Å²) in [6.07, 6.45) is 3.13. The van der Waals surface area contributed by atoms with Gasteiger partial charge >= 0.3 is 0 Å². The van der Waals surface area contributed by atoms with Crippen molar-refractivity contribution in [2.24, 2.45) is 5.10 Å². The number of ether oxygens (including phenoxy) is 1. The van der Waals surface area contributed by atoms with Crippen molar-refractivity contribution in [1.82, 2.24) is 15.2 Å². The molecule has 0 unspecified atom stereocenters. The minimum absolute atomic E-state index is 0.00622. The largest absolute Gasteiger partial charge is 0.504 e. The number of para-hydroxylation sites is 1. The Morgan fingerprint density at radius 3 is 2.45 bits per heavy atom. The molecular formula is C24H20N4O3. The van der Waals surface area contributed by atoms with Gasteiger partial charge in [0.05, 0.1) is 24.6 Å². The Morgan fingerprint density at radius 1 is 1.06 bits per heavy atom. The van der Waals surface area contributed by atoms with E-state index in [0.29, 0.717) is 22.6 Å². The molecule has 0 fully saturated rings. The first-order valence-corrected chi connectivity index (χ1v) is 9.56. The summed E-state index contributed by atoms with van der Waals surface area (Å²) in [6, 6.07) is 23.9. The molecule has 4 rings (SSSR count). The number of carbonyl (C=O) groups is 1. The predicted octanol–water partition coefficient (Wildman–Crippen LogP) is 4.02. The molecule has 3 aromatic carbocycles. The zero-order valence-electron chi connectivity index (χ0n) is 16.8. The molecular weight excluding hydrogens is 392 g/mol. The standard InChI is InChI=1S/C24H20N4O3/c1-31-22-13-12-17(14-21(22)29)15-25-26-24(30)20-16-28(19-10-6-3-7-11-19)27-23(20)18-8-4-2-5-9-18/h2-16,29H,1H3,(H,26,30)/b25-15+. The number of hydrogen-bond donors (Lipinski definition) is 2. The van der Waals surface area contributed by atoms with E-state index < -0.39 is 5.91 Å². The van der Waals surface area contributed by atoms with Gasteiger partial charge < -0.3 is 9.84 Å². The van der Waals surface area contributed by atoms with Gasteiger partial charge in [0.15, 0.2) is 11.5 Å². The second-order valence-electron chi connectivity index (χ2n) is 6.67. The fourth-order valence-electron chi connectivity index (χ4n) is 3.08. The zero-order chi connectivity index (χ0) is 21.6. The number of phenols is 1. The van der Waals surface area contributed by atoms with Gasteiger partial charge in [-0.25, -0.2) is 10.1 Å². The molecule has 2 N–H and O–H groups in total. The molecule has 0 aliphatic carbocycles. The molecule has 1 heterocycles. The maximum Gasteiger partial charge on any atom is 0.275 e. The van der Waals surface area contributed by atoms with Crippen LogP contribution in [-0.4, -0.2) is 34.1 Å². The molecule has 0 aliphatic rings. The van der Waals surface area contributed by atoms with Crippen LogP contribution in [0, 0.1) is 0 Å². The van der Waals surface area contributed by atoms with Crippen molar-refractivity contribution in [3.8, 4) is 28.4 Å². The number of aromatic nitrogens is 2. The third-order valence-corrected chi connectivity index (χ3v) is 4.61. The van der Waals surface area contributed by atoms with Crippen molar-refractivity contribution in [3.05, 3.63) is 96.2 Å². The second kappa shape index (κ2) is 8.96. The van der Waals surface area contributed by atoms with Gasteiger partial charge in [-0.3, -0.25) is 4.79 Å². The van der Waals surface area contributed by atoms with Gasteiger partial charge in [-0.15, -0.1) is 0 Å². The van der Waals surface area contributed by atoms with Gasteiger partial charge in [-0.1, -0.05) is 48.5 Å². The molecule has 0 saturated heterocycles. The zero-order valence-corrected chi connectivity index (χ0v) is 16.8. The number of methoxy groups -OCH3 is 1. The maximum atomic E-state index is 12.9. The number of hydrogen-bond acceptors (Lipinski definition) is 5. The molecule has 31 heavy (non-hydrogen) atoms. The van der Waals surface area contributed by atoms with Crippen molar-refractivity contribution >= 4 is 12.1 Å². The van der Waals surface area contributed by atoms with Crippen LogP contribution < -0.4 is 10.2 Å². The van der Waals surface area contributed by atoms with Crippen molar-refractivity contribution in [2.75, 3.05) is 7.11 Å². The number of aromatic hydroxyl groups is 1. The lowest BCUT2D eigenvalue weighted by Crippen LogP contribution is -2.17. The number of amides is 1. The summed E-state index contributed by atoms with van der Waals surface area (Å²) >= 11 is 0. The van der Waals surface area contributed by atoms with E-state index in [9.17, 15) is 9.90 Å². The first-order chi connectivity index (χ1) is 15.2. The lowest BCUT2D eigenvalue weighted by Gasteiger charge is -2.03. The van der Waals surface area contributed by atoms with E-state index in [-0.39, 0.29) is 5.75 Å². The number of hydrazone groups is 1. The van der Waals surface area contributed by atoms with Gasteiger partial charge in [0.25, 0.3) is 5.91 Å². The summed E-state index contributed by atoms with van der Waals surface area (Å²) in [6.45, 7) is 0. The highest BCUT2D eigenvalue weighted by atomic mass is 16.5. The summed E-state index contributed by atoms with van der Waals surface area (Å²) in [4.78, 5) is 12.9. The fourth-order valence-corrected chi connectivity index (χ4v) is 3.08. The monoisotopic (exact) mass is 412 g/mol. The first kappa shape index (κ1) is 19.9. The highest BCUT2D eigenvalue weighted by Crippen LogP contribution is 2.26. The van der Waals surface area contributed by atoms with Gasteiger partial charge in [0, 0.05) is 11.8 Å². The first-order valence-electron chi connectivity index (χ1n) is 9.56. The summed E-state index contributed by atoms with van der Waals surface area (Å²) in [5, 5.41) is 18.5.